The second-order valence-corrected chi connectivity index (χ2v) is 7.09. The van der Waals surface area contributed by atoms with Crippen LogP contribution >= 0.6 is 27.7 Å². The number of halogens is 2. The van der Waals surface area contributed by atoms with Crippen LogP contribution in [-0.2, 0) is 5.75 Å². The van der Waals surface area contributed by atoms with Crippen molar-refractivity contribution < 1.29 is 4.39 Å². The molecule has 0 aliphatic carbocycles. The number of rotatable bonds is 4. The minimum absolute atomic E-state index is 0.227. The van der Waals surface area contributed by atoms with Gasteiger partial charge in [-0.3, -0.25) is 4.99 Å². The standard InChI is InChI=1S/C17H16BrFN2S/c1-11-2-3-13(18)8-12(11)10-22-16-5-4-14(19)9-15(16)17-20-6-7-21-17/h2-5,8-9H,6-7,10H2,1H3,(H,20,21). The van der Waals surface area contributed by atoms with Crippen molar-refractivity contribution in [2.75, 3.05) is 13.1 Å². The predicted molar refractivity (Wildman–Crippen MR) is 94.2 cm³/mol. The predicted octanol–water partition coefficient (Wildman–Crippen LogP) is 4.54. The average molecular weight is 379 g/mol. The molecule has 2 nitrogen and oxygen atoms in total. The van der Waals surface area contributed by atoms with Crippen molar-refractivity contribution in [2.45, 2.75) is 17.6 Å². The molecule has 0 bridgehead atoms. The summed E-state index contributed by atoms with van der Waals surface area (Å²) in [6.45, 7) is 3.68. The van der Waals surface area contributed by atoms with Gasteiger partial charge in [0.15, 0.2) is 0 Å². The number of benzene rings is 2. The number of hydrogen-bond donors (Lipinski definition) is 1. The Morgan fingerprint density at radius 1 is 1.27 bits per heavy atom. The summed E-state index contributed by atoms with van der Waals surface area (Å²) in [7, 11) is 0. The third-order valence-electron chi connectivity index (χ3n) is 3.57. The van der Waals surface area contributed by atoms with E-state index in [1.807, 2.05) is 12.1 Å². The fourth-order valence-electron chi connectivity index (χ4n) is 2.34. The summed E-state index contributed by atoms with van der Waals surface area (Å²) >= 11 is 5.22. The molecule has 2 aromatic carbocycles. The van der Waals surface area contributed by atoms with Crippen LogP contribution in [0.25, 0.3) is 0 Å². The molecule has 0 unspecified atom stereocenters. The first-order valence-electron chi connectivity index (χ1n) is 7.09. The van der Waals surface area contributed by atoms with E-state index < -0.39 is 0 Å². The van der Waals surface area contributed by atoms with Crippen molar-refractivity contribution in [3.63, 3.8) is 0 Å². The zero-order valence-electron chi connectivity index (χ0n) is 12.2. The lowest BCUT2D eigenvalue weighted by Crippen LogP contribution is -2.20. The zero-order chi connectivity index (χ0) is 15.5. The highest BCUT2D eigenvalue weighted by molar-refractivity contribution is 9.10. The summed E-state index contributed by atoms with van der Waals surface area (Å²) in [4.78, 5) is 5.46. The minimum Gasteiger partial charge on any atom is -0.368 e. The summed E-state index contributed by atoms with van der Waals surface area (Å²) in [5.74, 6) is 1.42. The second kappa shape index (κ2) is 6.84. The fraction of sp³-hybridized carbons (Fsp3) is 0.235. The molecule has 0 amide bonds. The Bertz CT molecular complexity index is 731. The van der Waals surface area contributed by atoms with Crippen LogP contribution < -0.4 is 5.32 Å². The molecule has 0 saturated heterocycles. The Kier molecular flexibility index (Phi) is 4.84. The van der Waals surface area contributed by atoms with Crippen molar-refractivity contribution in [2.24, 2.45) is 4.99 Å². The Morgan fingerprint density at radius 3 is 2.91 bits per heavy atom. The Balaban J connectivity index is 1.84. The van der Waals surface area contributed by atoms with Gasteiger partial charge in [-0.15, -0.1) is 11.8 Å². The Hall–Kier alpha value is -1.33. The second-order valence-electron chi connectivity index (χ2n) is 5.16. The number of amidine groups is 1. The zero-order valence-corrected chi connectivity index (χ0v) is 14.6. The SMILES string of the molecule is Cc1ccc(Br)cc1CSc1ccc(F)cc1C1=NCCN1. The largest absolute Gasteiger partial charge is 0.368 e. The maximum Gasteiger partial charge on any atom is 0.129 e. The highest BCUT2D eigenvalue weighted by atomic mass is 79.9. The van der Waals surface area contributed by atoms with Crippen LogP contribution in [0.5, 0.6) is 0 Å². The summed E-state index contributed by atoms with van der Waals surface area (Å²) in [6, 6.07) is 11.2. The molecule has 1 aliphatic rings. The lowest BCUT2D eigenvalue weighted by atomic mass is 10.1. The van der Waals surface area contributed by atoms with Gasteiger partial charge in [-0.2, -0.15) is 0 Å². The third-order valence-corrected chi connectivity index (χ3v) is 5.18. The van der Waals surface area contributed by atoms with Gasteiger partial charge in [-0.05, 0) is 48.4 Å². The van der Waals surface area contributed by atoms with Crippen LogP contribution in [0.3, 0.4) is 0 Å². The molecule has 3 rings (SSSR count). The maximum atomic E-state index is 13.6. The van der Waals surface area contributed by atoms with E-state index in [-0.39, 0.29) is 5.82 Å². The summed E-state index contributed by atoms with van der Waals surface area (Å²) in [5, 5.41) is 3.22. The number of aryl methyl sites for hydroxylation is 1. The van der Waals surface area contributed by atoms with Crippen molar-refractivity contribution in [3.05, 3.63) is 63.4 Å². The topological polar surface area (TPSA) is 24.4 Å². The number of nitrogens with zero attached hydrogens (tertiary/aromatic N) is 1. The van der Waals surface area contributed by atoms with Gasteiger partial charge < -0.3 is 5.32 Å². The molecule has 0 radical (unpaired) electrons. The Morgan fingerprint density at radius 2 is 2.14 bits per heavy atom. The molecule has 114 valence electrons. The summed E-state index contributed by atoms with van der Waals surface area (Å²) in [5.41, 5.74) is 3.39. The minimum atomic E-state index is -0.227. The molecule has 2 aromatic rings. The van der Waals surface area contributed by atoms with Crippen LogP contribution in [0.1, 0.15) is 16.7 Å². The van der Waals surface area contributed by atoms with Crippen molar-refractivity contribution in [1.29, 1.82) is 0 Å². The molecule has 0 atom stereocenters. The van der Waals surface area contributed by atoms with Gasteiger partial charge >= 0.3 is 0 Å². The summed E-state index contributed by atoms with van der Waals surface area (Å²) in [6.07, 6.45) is 0. The molecular formula is C17H16BrFN2S. The molecule has 22 heavy (non-hydrogen) atoms. The first-order valence-corrected chi connectivity index (χ1v) is 8.87. The van der Waals surface area contributed by atoms with Crippen molar-refractivity contribution >= 4 is 33.5 Å². The van der Waals surface area contributed by atoms with Gasteiger partial charge in [0, 0.05) is 27.2 Å². The lowest BCUT2D eigenvalue weighted by molar-refractivity contribution is 0.626. The van der Waals surface area contributed by atoms with E-state index in [1.165, 1.54) is 17.2 Å². The fourth-order valence-corrected chi connectivity index (χ4v) is 3.85. The van der Waals surface area contributed by atoms with Crippen LogP contribution in [-0.4, -0.2) is 18.9 Å². The first kappa shape index (κ1) is 15.6. The normalized spacial score (nSPS) is 13.9. The van der Waals surface area contributed by atoms with Crippen molar-refractivity contribution in [3.8, 4) is 0 Å². The van der Waals surface area contributed by atoms with E-state index >= 15 is 0 Å². The third kappa shape index (κ3) is 3.52. The van der Waals surface area contributed by atoms with Gasteiger partial charge in [-0.25, -0.2) is 4.39 Å². The lowest BCUT2D eigenvalue weighted by Gasteiger charge is -2.11. The van der Waals surface area contributed by atoms with Crippen LogP contribution in [0, 0.1) is 12.7 Å². The van der Waals surface area contributed by atoms with Gasteiger partial charge in [-0.1, -0.05) is 22.0 Å². The first-order chi connectivity index (χ1) is 10.6. The van der Waals surface area contributed by atoms with Crippen LogP contribution in [0.2, 0.25) is 0 Å². The van der Waals surface area contributed by atoms with Gasteiger partial charge in [0.2, 0.25) is 0 Å². The quantitative estimate of drug-likeness (QED) is 0.789. The molecular weight excluding hydrogens is 363 g/mol. The Labute approximate surface area is 142 Å². The van der Waals surface area contributed by atoms with Crippen molar-refractivity contribution in [1.82, 2.24) is 5.32 Å². The van der Waals surface area contributed by atoms with Gasteiger partial charge in [0.05, 0.1) is 6.54 Å². The average Bonchev–Trinajstić information content (AvgIpc) is 3.03. The number of thioether (sulfide) groups is 1. The highest BCUT2D eigenvalue weighted by Gasteiger charge is 2.14. The van der Waals surface area contributed by atoms with E-state index in [2.05, 4.69) is 45.3 Å². The molecule has 0 saturated carbocycles. The maximum absolute atomic E-state index is 13.6. The molecule has 1 heterocycles. The smallest absolute Gasteiger partial charge is 0.129 e. The van der Waals surface area contributed by atoms with Gasteiger partial charge in [0.25, 0.3) is 0 Å². The monoisotopic (exact) mass is 378 g/mol. The molecule has 0 aromatic heterocycles. The number of hydrogen-bond acceptors (Lipinski definition) is 3. The van der Waals surface area contributed by atoms with E-state index in [4.69, 9.17) is 0 Å². The molecule has 0 spiro atoms. The molecule has 1 aliphatic heterocycles. The van der Waals surface area contributed by atoms with E-state index in [0.717, 1.165) is 39.6 Å². The highest BCUT2D eigenvalue weighted by Crippen LogP contribution is 2.29. The van der Waals surface area contributed by atoms with E-state index in [9.17, 15) is 4.39 Å². The van der Waals surface area contributed by atoms with Crippen LogP contribution in [0.4, 0.5) is 4.39 Å². The molecule has 1 N–H and O–H groups in total. The van der Waals surface area contributed by atoms with Crippen LogP contribution in [0.15, 0.2) is 50.8 Å². The van der Waals surface area contributed by atoms with E-state index in [1.54, 1.807) is 17.8 Å². The van der Waals surface area contributed by atoms with E-state index in [0.29, 0.717) is 0 Å². The van der Waals surface area contributed by atoms with Gasteiger partial charge in [0.1, 0.15) is 11.7 Å². The summed E-state index contributed by atoms with van der Waals surface area (Å²) < 4.78 is 14.7. The number of nitrogens with one attached hydrogen (secondary N) is 1. The molecule has 5 heteroatoms. The molecule has 0 fully saturated rings. The number of aliphatic imine (C=N–C) groups is 1.